The number of amides is 1. The Morgan fingerprint density at radius 3 is 2.46 bits per heavy atom. The summed E-state index contributed by atoms with van der Waals surface area (Å²) in [7, 11) is 0. The molecule has 0 atom stereocenters. The summed E-state index contributed by atoms with van der Waals surface area (Å²) >= 11 is 0. The molecule has 1 heterocycles. The third-order valence-electron chi connectivity index (χ3n) is 4.11. The summed E-state index contributed by atoms with van der Waals surface area (Å²) in [4.78, 5) is 35.8. The van der Waals surface area contributed by atoms with Gasteiger partial charge in [0.05, 0.1) is 22.7 Å². The minimum atomic E-state index is -1.11. The molecular formula is C18H16N2O6. The van der Waals surface area contributed by atoms with E-state index in [1.54, 1.807) is 26.0 Å². The van der Waals surface area contributed by atoms with Crippen LogP contribution in [-0.4, -0.2) is 27.5 Å². The van der Waals surface area contributed by atoms with Crippen molar-refractivity contribution < 1.29 is 24.4 Å². The van der Waals surface area contributed by atoms with E-state index in [2.05, 4.69) is 0 Å². The van der Waals surface area contributed by atoms with Crippen LogP contribution in [0, 0.1) is 10.1 Å². The fourth-order valence-electron chi connectivity index (χ4n) is 2.76. The summed E-state index contributed by atoms with van der Waals surface area (Å²) in [6, 6.07) is 10.2. The molecule has 134 valence electrons. The molecule has 8 nitrogen and oxygen atoms in total. The van der Waals surface area contributed by atoms with E-state index in [0.717, 1.165) is 0 Å². The first kappa shape index (κ1) is 17.4. The summed E-state index contributed by atoms with van der Waals surface area (Å²) in [5, 5.41) is 20.0. The number of carbonyl (C=O) groups excluding carboxylic acids is 1. The summed E-state index contributed by atoms with van der Waals surface area (Å²) in [6.07, 6.45) is 0. The van der Waals surface area contributed by atoms with Crippen LogP contribution in [0.25, 0.3) is 0 Å². The van der Waals surface area contributed by atoms with E-state index < -0.39 is 16.5 Å². The Morgan fingerprint density at radius 1 is 1.23 bits per heavy atom. The van der Waals surface area contributed by atoms with Crippen molar-refractivity contribution in [3.8, 4) is 5.75 Å². The average Bonchev–Trinajstić information content (AvgIpc) is 2.58. The molecule has 0 aliphatic carbocycles. The van der Waals surface area contributed by atoms with Gasteiger partial charge in [-0.2, -0.15) is 0 Å². The number of rotatable bonds is 4. The number of carbonyl (C=O) groups is 2. The van der Waals surface area contributed by atoms with Crippen molar-refractivity contribution in [3.05, 3.63) is 63.7 Å². The maximum absolute atomic E-state index is 12.8. The summed E-state index contributed by atoms with van der Waals surface area (Å²) in [5.41, 5.74) is -0.0937. The number of carboxylic acids is 1. The predicted octanol–water partition coefficient (Wildman–Crippen LogP) is 3.00. The van der Waals surface area contributed by atoms with Crippen LogP contribution in [0.5, 0.6) is 5.75 Å². The van der Waals surface area contributed by atoms with Crippen LogP contribution in [0.2, 0.25) is 0 Å². The Hall–Kier alpha value is -3.42. The Morgan fingerprint density at radius 2 is 1.88 bits per heavy atom. The summed E-state index contributed by atoms with van der Waals surface area (Å²) < 4.78 is 5.71. The number of nitrogens with zero attached hydrogens (tertiary/aromatic N) is 2. The highest BCUT2D eigenvalue weighted by Gasteiger charge is 2.41. The number of non-ortho nitro benzene ring substituents is 1. The Kier molecular flexibility index (Phi) is 4.11. The van der Waals surface area contributed by atoms with Gasteiger partial charge in [-0.15, -0.1) is 0 Å². The van der Waals surface area contributed by atoms with Gasteiger partial charge in [-0.05, 0) is 37.6 Å². The van der Waals surface area contributed by atoms with Crippen molar-refractivity contribution in [1.82, 2.24) is 0 Å². The minimum absolute atomic E-state index is 0.0357. The molecule has 1 aliphatic rings. The van der Waals surface area contributed by atoms with Crippen molar-refractivity contribution >= 4 is 23.3 Å². The number of nitro benzene ring substituents is 1. The number of carboxylic acid groups (broad SMARTS) is 1. The van der Waals surface area contributed by atoms with Gasteiger partial charge in [0.2, 0.25) is 0 Å². The van der Waals surface area contributed by atoms with Gasteiger partial charge in [0.15, 0.2) is 5.60 Å². The molecule has 0 spiro atoms. The van der Waals surface area contributed by atoms with Gasteiger partial charge in [0, 0.05) is 12.1 Å². The van der Waals surface area contributed by atoms with Crippen molar-refractivity contribution in [2.24, 2.45) is 0 Å². The lowest BCUT2D eigenvalue weighted by molar-refractivity contribution is -0.384. The highest BCUT2D eigenvalue weighted by molar-refractivity contribution is 6.03. The number of ether oxygens (including phenoxy) is 1. The topological polar surface area (TPSA) is 110 Å². The Bertz CT molecular complexity index is 904. The van der Waals surface area contributed by atoms with Crippen LogP contribution in [-0.2, 0) is 11.3 Å². The number of nitro groups is 1. The van der Waals surface area contributed by atoms with Crippen molar-refractivity contribution in [2.45, 2.75) is 26.0 Å². The number of hydrogen-bond acceptors (Lipinski definition) is 5. The molecule has 0 aromatic heterocycles. The average molecular weight is 356 g/mol. The zero-order chi connectivity index (χ0) is 19.1. The van der Waals surface area contributed by atoms with Crippen LogP contribution >= 0.6 is 0 Å². The smallest absolute Gasteiger partial charge is 0.335 e. The van der Waals surface area contributed by atoms with Gasteiger partial charge >= 0.3 is 5.97 Å². The molecular weight excluding hydrogens is 340 g/mol. The molecule has 0 bridgehead atoms. The van der Waals surface area contributed by atoms with Crippen molar-refractivity contribution in [2.75, 3.05) is 4.90 Å². The highest BCUT2D eigenvalue weighted by Crippen LogP contribution is 2.39. The van der Waals surface area contributed by atoms with Gasteiger partial charge < -0.3 is 14.7 Å². The van der Waals surface area contributed by atoms with E-state index in [9.17, 15) is 24.8 Å². The fraction of sp³-hybridized carbons (Fsp3) is 0.222. The maximum Gasteiger partial charge on any atom is 0.335 e. The normalized spacial score (nSPS) is 15.2. The molecule has 8 heteroatoms. The van der Waals surface area contributed by atoms with Crippen LogP contribution < -0.4 is 9.64 Å². The maximum atomic E-state index is 12.8. The lowest BCUT2D eigenvalue weighted by Gasteiger charge is -2.39. The van der Waals surface area contributed by atoms with Crippen molar-refractivity contribution in [3.63, 3.8) is 0 Å². The molecule has 3 rings (SSSR count). The van der Waals surface area contributed by atoms with Gasteiger partial charge in [0.1, 0.15) is 5.75 Å². The molecule has 0 saturated heterocycles. The van der Waals surface area contributed by atoms with Gasteiger partial charge in [-0.1, -0.05) is 12.1 Å². The van der Waals surface area contributed by atoms with Gasteiger partial charge in [-0.25, -0.2) is 4.79 Å². The van der Waals surface area contributed by atoms with E-state index in [1.165, 1.54) is 35.2 Å². The number of hydrogen-bond donors (Lipinski definition) is 1. The predicted molar refractivity (Wildman–Crippen MR) is 92.4 cm³/mol. The second-order valence-corrected chi connectivity index (χ2v) is 6.41. The van der Waals surface area contributed by atoms with Crippen LogP contribution in [0.3, 0.4) is 0 Å². The molecule has 1 aliphatic heterocycles. The third-order valence-corrected chi connectivity index (χ3v) is 4.11. The molecule has 0 fully saturated rings. The van der Waals surface area contributed by atoms with Crippen LogP contribution in [0.15, 0.2) is 42.5 Å². The van der Waals surface area contributed by atoms with Crippen molar-refractivity contribution in [1.29, 1.82) is 0 Å². The quantitative estimate of drug-likeness (QED) is 0.666. The van der Waals surface area contributed by atoms with E-state index >= 15 is 0 Å². The number of anilines is 1. The third kappa shape index (κ3) is 3.08. The molecule has 26 heavy (non-hydrogen) atoms. The largest absolute Gasteiger partial charge is 0.478 e. The lowest BCUT2D eigenvalue weighted by atomic mass is 10.0. The van der Waals surface area contributed by atoms with E-state index in [0.29, 0.717) is 17.0 Å². The first-order valence-electron chi connectivity index (χ1n) is 7.81. The molecule has 0 unspecified atom stereocenters. The molecule has 1 amide bonds. The standard InChI is InChI=1S/C18H16N2O6/c1-18(2)17(23)19(10-11-3-6-13(7-4-11)20(24)25)14-9-12(16(21)22)5-8-15(14)26-18/h3-9H,10H2,1-2H3,(H,21,22). The zero-order valence-corrected chi connectivity index (χ0v) is 14.1. The second-order valence-electron chi connectivity index (χ2n) is 6.41. The first-order valence-corrected chi connectivity index (χ1v) is 7.81. The van der Waals surface area contributed by atoms with E-state index in [4.69, 9.17) is 4.74 Å². The van der Waals surface area contributed by atoms with Gasteiger partial charge in [-0.3, -0.25) is 14.9 Å². The highest BCUT2D eigenvalue weighted by atomic mass is 16.6. The first-order chi connectivity index (χ1) is 12.2. The number of benzene rings is 2. The lowest BCUT2D eigenvalue weighted by Crippen LogP contribution is -2.52. The fourth-order valence-corrected chi connectivity index (χ4v) is 2.76. The molecule has 0 saturated carbocycles. The minimum Gasteiger partial charge on any atom is -0.478 e. The molecule has 2 aromatic carbocycles. The second kappa shape index (κ2) is 6.14. The summed E-state index contributed by atoms with van der Waals surface area (Å²) in [5.74, 6) is -1.03. The van der Waals surface area contributed by atoms with Crippen LogP contribution in [0.1, 0.15) is 29.8 Å². The molecule has 2 aromatic rings. The monoisotopic (exact) mass is 356 g/mol. The Labute approximate surface area is 148 Å². The van der Waals surface area contributed by atoms with Crippen LogP contribution in [0.4, 0.5) is 11.4 Å². The number of aromatic carboxylic acids is 1. The van der Waals surface area contributed by atoms with E-state index in [1.807, 2.05) is 0 Å². The molecule has 0 radical (unpaired) electrons. The van der Waals surface area contributed by atoms with Gasteiger partial charge in [0.25, 0.3) is 11.6 Å². The zero-order valence-electron chi connectivity index (χ0n) is 14.1. The van der Waals surface area contributed by atoms with E-state index in [-0.39, 0.29) is 23.7 Å². The number of fused-ring (bicyclic) bond motifs is 1. The Balaban J connectivity index is 2.01. The SMILES string of the molecule is CC1(C)Oc2ccc(C(=O)O)cc2N(Cc2ccc([N+](=O)[O-])cc2)C1=O. The molecule has 1 N–H and O–H groups in total. The summed E-state index contributed by atoms with van der Waals surface area (Å²) in [6.45, 7) is 3.40.